The zero-order valence-corrected chi connectivity index (χ0v) is 12.7. The van der Waals surface area contributed by atoms with Gasteiger partial charge in [0, 0.05) is 23.8 Å². The van der Waals surface area contributed by atoms with Crippen LogP contribution in [0, 0.1) is 0 Å². The maximum atomic E-state index is 10.8. The number of hydrogen-bond donors (Lipinski definition) is 1. The maximum Gasteiger partial charge on any atom is 0.337 e. The number of rotatable bonds is 5. The first-order valence-corrected chi connectivity index (χ1v) is 6.99. The number of pyridine rings is 1. The van der Waals surface area contributed by atoms with Crippen LogP contribution in [0.1, 0.15) is 34.6 Å². The Balaban J connectivity index is 2.08. The second-order valence-electron chi connectivity index (χ2n) is 4.96. The molecule has 0 saturated carbocycles. The summed E-state index contributed by atoms with van der Waals surface area (Å²) >= 11 is 6.21. The Labute approximate surface area is 129 Å². The molecule has 0 bridgehead atoms. The van der Waals surface area contributed by atoms with Crippen LogP contribution in [-0.2, 0) is 6.54 Å². The molecule has 0 spiro atoms. The molecule has 1 heterocycles. The van der Waals surface area contributed by atoms with E-state index in [0.29, 0.717) is 6.54 Å². The van der Waals surface area contributed by atoms with Gasteiger partial charge in [-0.2, -0.15) is 0 Å². The summed E-state index contributed by atoms with van der Waals surface area (Å²) in [7, 11) is 1.99. The first-order chi connectivity index (χ1) is 9.99. The summed E-state index contributed by atoms with van der Waals surface area (Å²) in [6.45, 7) is 2.69. The Morgan fingerprint density at radius 3 is 2.62 bits per heavy atom. The van der Waals surface area contributed by atoms with Crippen LogP contribution in [0.2, 0.25) is 5.02 Å². The molecule has 0 aliphatic rings. The fraction of sp³-hybridized carbons (Fsp3) is 0.250. The van der Waals surface area contributed by atoms with E-state index < -0.39 is 5.97 Å². The number of carboxylic acids is 1. The van der Waals surface area contributed by atoms with Gasteiger partial charge >= 0.3 is 5.97 Å². The third-order valence-corrected chi connectivity index (χ3v) is 3.84. The average Bonchev–Trinajstić information content (AvgIpc) is 2.47. The number of carbonyl (C=O) groups is 1. The lowest BCUT2D eigenvalue weighted by Gasteiger charge is -2.25. The normalized spacial score (nSPS) is 12.4. The number of benzene rings is 1. The third kappa shape index (κ3) is 3.80. The lowest BCUT2D eigenvalue weighted by molar-refractivity contribution is 0.0696. The molecule has 0 amide bonds. The van der Waals surface area contributed by atoms with Gasteiger partial charge in [0.15, 0.2) is 0 Å². The highest BCUT2D eigenvalue weighted by molar-refractivity contribution is 6.31. The molecule has 1 aromatic heterocycles. The topological polar surface area (TPSA) is 53.4 Å². The van der Waals surface area contributed by atoms with Crippen LogP contribution in [-0.4, -0.2) is 28.0 Å². The van der Waals surface area contributed by atoms with Gasteiger partial charge in [0.2, 0.25) is 0 Å². The van der Waals surface area contributed by atoms with Crippen LogP contribution in [0.3, 0.4) is 0 Å². The van der Waals surface area contributed by atoms with E-state index in [1.165, 1.54) is 6.20 Å². The van der Waals surface area contributed by atoms with Crippen LogP contribution in [0.15, 0.2) is 42.6 Å². The van der Waals surface area contributed by atoms with E-state index in [1.807, 2.05) is 31.3 Å². The number of nitrogens with zero attached hydrogens (tertiary/aromatic N) is 2. The summed E-state index contributed by atoms with van der Waals surface area (Å²) in [5, 5.41) is 9.60. The van der Waals surface area contributed by atoms with Gasteiger partial charge in [0.05, 0.1) is 11.3 Å². The van der Waals surface area contributed by atoms with Gasteiger partial charge in [-0.1, -0.05) is 29.8 Å². The summed E-state index contributed by atoms with van der Waals surface area (Å²) in [4.78, 5) is 17.1. The minimum absolute atomic E-state index is 0.139. The maximum absolute atomic E-state index is 10.8. The van der Waals surface area contributed by atoms with Crippen molar-refractivity contribution in [3.8, 4) is 0 Å². The van der Waals surface area contributed by atoms with E-state index in [0.717, 1.165) is 16.3 Å². The first-order valence-electron chi connectivity index (χ1n) is 6.62. The number of hydrogen-bond acceptors (Lipinski definition) is 3. The van der Waals surface area contributed by atoms with Crippen molar-refractivity contribution in [2.45, 2.75) is 19.5 Å². The van der Waals surface area contributed by atoms with Crippen LogP contribution in [0.4, 0.5) is 0 Å². The Morgan fingerprint density at radius 2 is 2.05 bits per heavy atom. The number of aromatic nitrogens is 1. The SMILES string of the molecule is CC(c1ccccc1Cl)N(C)Cc1ccc(C(=O)O)cn1. The van der Waals surface area contributed by atoms with Crippen molar-refractivity contribution in [1.29, 1.82) is 0 Å². The highest BCUT2D eigenvalue weighted by Crippen LogP contribution is 2.26. The summed E-state index contributed by atoms with van der Waals surface area (Å²) in [6.07, 6.45) is 1.38. The van der Waals surface area contributed by atoms with Gasteiger partial charge in [-0.3, -0.25) is 9.88 Å². The van der Waals surface area contributed by atoms with E-state index in [9.17, 15) is 4.79 Å². The van der Waals surface area contributed by atoms with E-state index in [1.54, 1.807) is 12.1 Å². The molecule has 0 radical (unpaired) electrons. The summed E-state index contributed by atoms with van der Waals surface area (Å²) in [5.74, 6) is -0.966. The van der Waals surface area contributed by atoms with Crippen molar-refractivity contribution in [3.63, 3.8) is 0 Å². The number of carboxylic acid groups (broad SMARTS) is 1. The Hall–Kier alpha value is -1.91. The predicted molar refractivity (Wildman–Crippen MR) is 82.5 cm³/mol. The molecule has 5 heteroatoms. The number of aromatic carboxylic acids is 1. The van der Waals surface area contributed by atoms with Crippen LogP contribution in [0.5, 0.6) is 0 Å². The molecule has 21 heavy (non-hydrogen) atoms. The van der Waals surface area contributed by atoms with Crippen LogP contribution >= 0.6 is 11.6 Å². The number of halogens is 1. The monoisotopic (exact) mass is 304 g/mol. The largest absolute Gasteiger partial charge is 0.478 e. The van der Waals surface area contributed by atoms with Gasteiger partial charge in [0.25, 0.3) is 0 Å². The summed E-state index contributed by atoms with van der Waals surface area (Å²) in [5.41, 5.74) is 2.07. The molecule has 1 N–H and O–H groups in total. The van der Waals surface area contributed by atoms with Crippen molar-refractivity contribution in [2.24, 2.45) is 0 Å². The fourth-order valence-electron chi connectivity index (χ4n) is 2.09. The van der Waals surface area contributed by atoms with Gasteiger partial charge < -0.3 is 5.11 Å². The van der Waals surface area contributed by atoms with E-state index in [4.69, 9.17) is 16.7 Å². The molecule has 0 aliphatic carbocycles. The van der Waals surface area contributed by atoms with Crippen LogP contribution in [0.25, 0.3) is 0 Å². The Bertz CT molecular complexity index is 628. The van der Waals surface area contributed by atoms with Crippen molar-refractivity contribution in [1.82, 2.24) is 9.88 Å². The molecule has 1 aromatic carbocycles. The van der Waals surface area contributed by atoms with E-state index in [-0.39, 0.29) is 11.6 Å². The molecule has 2 rings (SSSR count). The quantitative estimate of drug-likeness (QED) is 0.916. The van der Waals surface area contributed by atoms with Crippen molar-refractivity contribution in [3.05, 3.63) is 64.4 Å². The Morgan fingerprint density at radius 1 is 1.33 bits per heavy atom. The molecular formula is C16H17ClN2O2. The Kier molecular flexibility index (Phi) is 4.94. The highest BCUT2D eigenvalue weighted by atomic mass is 35.5. The van der Waals surface area contributed by atoms with Crippen molar-refractivity contribution < 1.29 is 9.90 Å². The molecule has 110 valence electrons. The lowest BCUT2D eigenvalue weighted by Crippen LogP contribution is -2.22. The zero-order chi connectivity index (χ0) is 15.4. The highest BCUT2D eigenvalue weighted by Gasteiger charge is 2.15. The third-order valence-electron chi connectivity index (χ3n) is 3.50. The van der Waals surface area contributed by atoms with Gasteiger partial charge in [0.1, 0.15) is 0 Å². The smallest absolute Gasteiger partial charge is 0.337 e. The second-order valence-corrected chi connectivity index (χ2v) is 5.36. The standard InChI is InChI=1S/C16H17ClN2O2/c1-11(14-5-3-4-6-15(14)17)19(2)10-13-8-7-12(9-18-13)16(20)21/h3-9,11H,10H2,1-2H3,(H,20,21). The molecule has 0 aliphatic heterocycles. The first kappa shape index (κ1) is 15.5. The van der Waals surface area contributed by atoms with Gasteiger partial charge in [-0.25, -0.2) is 4.79 Å². The van der Waals surface area contributed by atoms with Gasteiger partial charge in [-0.05, 0) is 37.7 Å². The minimum atomic E-state index is -0.966. The predicted octanol–water partition coefficient (Wildman–Crippen LogP) is 3.63. The molecule has 0 saturated heterocycles. The molecule has 0 fully saturated rings. The van der Waals surface area contributed by atoms with Crippen LogP contribution < -0.4 is 0 Å². The summed E-state index contributed by atoms with van der Waals surface area (Å²) in [6, 6.07) is 11.2. The lowest BCUT2D eigenvalue weighted by atomic mass is 10.1. The molecule has 1 unspecified atom stereocenters. The molecule has 4 nitrogen and oxygen atoms in total. The second kappa shape index (κ2) is 6.70. The molecule has 2 aromatic rings. The minimum Gasteiger partial charge on any atom is -0.478 e. The average molecular weight is 305 g/mol. The van der Waals surface area contributed by atoms with Crippen molar-refractivity contribution >= 4 is 17.6 Å². The molecular weight excluding hydrogens is 288 g/mol. The van der Waals surface area contributed by atoms with E-state index >= 15 is 0 Å². The van der Waals surface area contributed by atoms with E-state index in [2.05, 4.69) is 16.8 Å². The zero-order valence-electron chi connectivity index (χ0n) is 12.0. The van der Waals surface area contributed by atoms with Gasteiger partial charge in [-0.15, -0.1) is 0 Å². The molecule has 1 atom stereocenters. The fourth-order valence-corrected chi connectivity index (χ4v) is 2.38. The summed E-state index contributed by atoms with van der Waals surface area (Å²) < 4.78 is 0. The van der Waals surface area contributed by atoms with Crippen molar-refractivity contribution in [2.75, 3.05) is 7.05 Å².